The van der Waals surface area contributed by atoms with Gasteiger partial charge in [-0.3, -0.25) is 19.5 Å². The molecule has 3 aromatic rings. The highest BCUT2D eigenvalue weighted by molar-refractivity contribution is 6.52. The number of ketones is 1. The molecule has 0 radical (unpaired) electrons. The van der Waals surface area contributed by atoms with Crippen LogP contribution >= 0.6 is 34.8 Å². The van der Waals surface area contributed by atoms with Gasteiger partial charge in [0.25, 0.3) is 11.7 Å². The molecule has 1 fully saturated rings. The van der Waals surface area contributed by atoms with E-state index in [0.29, 0.717) is 16.3 Å². The minimum absolute atomic E-state index is 0.111. The van der Waals surface area contributed by atoms with Crippen LogP contribution in [0.3, 0.4) is 0 Å². The summed E-state index contributed by atoms with van der Waals surface area (Å²) in [6.07, 6.45) is 3.08. The molecular formula is C24H17Cl3N2O4. The van der Waals surface area contributed by atoms with Gasteiger partial charge in [0.05, 0.1) is 28.8 Å². The van der Waals surface area contributed by atoms with Crippen molar-refractivity contribution in [1.29, 1.82) is 0 Å². The summed E-state index contributed by atoms with van der Waals surface area (Å²) >= 11 is 18.8. The summed E-state index contributed by atoms with van der Waals surface area (Å²) in [5, 5.41) is 11.9. The van der Waals surface area contributed by atoms with Crippen molar-refractivity contribution in [2.75, 3.05) is 12.0 Å². The Morgan fingerprint density at radius 1 is 1.00 bits per heavy atom. The van der Waals surface area contributed by atoms with E-state index in [-0.39, 0.29) is 26.9 Å². The fourth-order valence-electron chi connectivity index (χ4n) is 3.74. The van der Waals surface area contributed by atoms with Gasteiger partial charge in [0.15, 0.2) is 5.75 Å². The van der Waals surface area contributed by atoms with E-state index in [2.05, 4.69) is 4.98 Å². The summed E-state index contributed by atoms with van der Waals surface area (Å²) in [4.78, 5) is 31.7. The zero-order valence-corrected chi connectivity index (χ0v) is 19.7. The number of hydrogen-bond donors (Lipinski definition) is 1. The van der Waals surface area contributed by atoms with Crippen molar-refractivity contribution < 1.29 is 19.4 Å². The SMILES string of the molecule is COc1c(Cl)cc(/C(O)=C2\C(=O)C(=O)N(c3ccc(C)c(Cl)c3)C2c2ccncc2)cc1Cl. The van der Waals surface area contributed by atoms with Gasteiger partial charge in [0.2, 0.25) is 0 Å². The summed E-state index contributed by atoms with van der Waals surface area (Å²) in [7, 11) is 1.41. The third kappa shape index (κ3) is 4.06. The van der Waals surface area contributed by atoms with Gasteiger partial charge in [-0.2, -0.15) is 0 Å². The molecular weight excluding hydrogens is 487 g/mol. The monoisotopic (exact) mass is 502 g/mol. The van der Waals surface area contributed by atoms with Gasteiger partial charge in [0.1, 0.15) is 5.76 Å². The molecule has 1 saturated heterocycles. The highest BCUT2D eigenvalue weighted by Crippen LogP contribution is 2.44. The molecule has 168 valence electrons. The third-order valence-corrected chi connectivity index (χ3v) is 6.34. The van der Waals surface area contributed by atoms with Gasteiger partial charge in [-0.1, -0.05) is 40.9 Å². The number of rotatable bonds is 4. The number of aliphatic hydroxyl groups excluding tert-OH is 1. The molecule has 1 aromatic heterocycles. The second-order valence-electron chi connectivity index (χ2n) is 7.36. The minimum Gasteiger partial charge on any atom is -0.507 e. The summed E-state index contributed by atoms with van der Waals surface area (Å²) in [5.41, 5.74) is 1.87. The lowest BCUT2D eigenvalue weighted by molar-refractivity contribution is -0.132. The van der Waals surface area contributed by atoms with E-state index >= 15 is 0 Å². The number of halogens is 3. The first-order valence-electron chi connectivity index (χ1n) is 9.75. The van der Waals surface area contributed by atoms with Gasteiger partial charge in [-0.15, -0.1) is 0 Å². The number of carbonyl (C=O) groups excluding carboxylic acids is 2. The fourth-order valence-corrected chi connectivity index (χ4v) is 4.55. The fraction of sp³-hybridized carbons (Fsp3) is 0.125. The van der Waals surface area contributed by atoms with Crippen LogP contribution in [0.2, 0.25) is 15.1 Å². The first-order chi connectivity index (χ1) is 15.7. The Hall–Kier alpha value is -3.06. The predicted octanol–water partition coefficient (Wildman–Crippen LogP) is 5.99. The van der Waals surface area contributed by atoms with Crippen LogP contribution in [0.15, 0.2) is 60.4 Å². The molecule has 1 amide bonds. The van der Waals surface area contributed by atoms with Crippen molar-refractivity contribution >= 4 is 57.9 Å². The lowest BCUT2D eigenvalue weighted by Crippen LogP contribution is -2.29. The van der Waals surface area contributed by atoms with E-state index in [9.17, 15) is 14.7 Å². The highest BCUT2D eigenvalue weighted by atomic mass is 35.5. The van der Waals surface area contributed by atoms with Crippen LogP contribution in [0, 0.1) is 6.92 Å². The number of ether oxygens (including phenoxy) is 1. The zero-order valence-electron chi connectivity index (χ0n) is 17.5. The van der Waals surface area contributed by atoms with Crippen molar-refractivity contribution in [3.8, 4) is 5.75 Å². The van der Waals surface area contributed by atoms with Crippen LogP contribution in [0.4, 0.5) is 5.69 Å². The maximum Gasteiger partial charge on any atom is 0.300 e. The quantitative estimate of drug-likeness (QED) is 0.269. The first-order valence-corrected chi connectivity index (χ1v) is 10.9. The normalized spacial score (nSPS) is 17.5. The number of pyridine rings is 1. The molecule has 2 heterocycles. The van der Waals surface area contributed by atoms with Crippen molar-refractivity contribution in [2.24, 2.45) is 0 Å². The van der Waals surface area contributed by atoms with Crippen LogP contribution < -0.4 is 9.64 Å². The number of carbonyl (C=O) groups is 2. The molecule has 1 N–H and O–H groups in total. The Kier molecular flexibility index (Phi) is 6.34. The van der Waals surface area contributed by atoms with Crippen molar-refractivity contribution in [2.45, 2.75) is 13.0 Å². The lowest BCUT2D eigenvalue weighted by atomic mass is 9.95. The first kappa shape index (κ1) is 23.1. The Balaban J connectivity index is 1.96. The number of methoxy groups -OCH3 is 1. The molecule has 4 rings (SSSR count). The molecule has 6 nitrogen and oxygen atoms in total. The lowest BCUT2D eigenvalue weighted by Gasteiger charge is -2.25. The molecule has 0 saturated carbocycles. The average molecular weight is 504 g/mol. The van der Waals surface area contributed by atoms with E-state index in [4.69, 9.17) is 39.5 Å². The van der Waals surface area contributed by atoms with Crippen LogP contribution in [0.1, 0.15) is 22.7 Å². The number of amides is 1. The average Bonchev–Trinajstić information content (AvgIpc) is 3.06. The van der Waals surface area contributed by atoms with Crippen LogP contribution in [0.5, 0.6) is 5.75 Å². The number of aromatic nitrogens is 1. The Bertz CT molecular complexity index is 1290. The minimum atomic E-state index is -0.925. The highest BCUT2D eigenvalue weighted by Gasteiger charge is 2.47. The summed E-state index contributed by atoms with van der Waals surface area (Å²) in [5.74, 6) is -1.84. The Labute approximate surface area is 205 Å². The number of hydrogen-bond acceptors (Lipinski definition) is 5. The number of nitrogens with zero attached hydrogens (tertiary/aromatic N) is 2. The topological polar surface area (TPSA) is 79.7 Å². The number of anilines is 1. The number of Topliss-reactive ketones (excluding diaryl/α,β-unsaturated/α-hetero) is 1. The number of benzene rings is 2. The molecule has 0 bridgehead atoms. The molecule has 33 heavy (non-hydrogen) atoms. The molecule has 0 aliphatic carbocycles. The molecule has 9 heteroatoms. The largest absolute Gasteiger partial charge is 0.507 e. The van der Waals surface area contributed by atoms with E-state index in [1.165, 1.54) is 24.1 Å². The van der Waals surface area contributed by atoms with Gasteiger partial charge in [-0.25, -0.2) is 0 Å². The summed E-state index contributed by atoms with van der Waals surface area (Å²) in [6.45, 7) is 1.83. The number of aliphatic hydroxyl groups is 1. The second-order valence-corrected chi connectivity index (χ2v) is 8.58. The van der Waals surface area contributed by atoms with E-state index in [1.54, 1.807) is 42.7 Å². The van der Waals surface area contributed by atoms with E-state index in [0.717, 1.165) is 5.56 Å². The smallest absolute Gasteiger partial charge is 0.300 e. The molecule has 0 spiro atoms. The van der Waals surface area contributed by atoms with Crippen molar-refractivity contribution in [3.05, 3.63) is 92.2 Å². The predicted molar refractivity (Wildman–Crippen MR) is 128 cm³/mol. The zero-order chi connectivity index (χ0) is 23.9. The molecule has 1 atom stereocenters. The molecule has 2 aromatic carbocycles. The maximum absolute atomic E-state index is 13.2. The standard InChI is InChI=1S/C24H17Cl3N2O4/c1-12-3-4-15(11-16(12)25)29-20(13-5-7-28-8-6-13)19(22(31)24(29)32)21(30)14-9-17(26)23(33-2)18(27)10-14/h3-11,20,30H,1-2H3/b21-19+. The molecule has 1 aliphatic heterocycles. The van der Waals surface area contributed by atoms with Crippen LogP contribution in [0.25, 0.3) is 5.76 Å². The van der Waals surface area contributed by atoms with Crippen LogP contribution in [-0.2, 0) is 9.59 Å². The van der Waals surface area contributed by atoms with E-state index in [1.807, 2.05) is 6.92 Å². The van der Waals surface area contributed by atoms with Gasteiger partial charge in [0, 0.05) is 28.7 Å². The van der Waals surface area contributed by atoms with Gasteiger partial charge >= 0.3 is 0 Å². The maximum atomic E-state index is 13.2. The number of aryl methyl sites for hydroxylation is 1. The van der Waals surface area contributed by atoms with Crippen molar-refractivity contribution in [3.63, 3.8) is 0 Å². The Morgan fingerprint density at radius 2 is 1.64 bits per heavy atom. The summed E-state index contributed by atoms with van der Waals surface area (Å²) in [6, 6.07) is 10.3. The second kappa shape index (κ2) is 9.06. The third-order valence-electron chi connectivity index (χ3n) is 5.38. The summed E-state index contributed by atoms with van der Waals surface area (Å²) < 4.78 is 5.15. The molecule has 1 unspecified atom stereocenters. The van der Waals surface area contributed by atoms with Gasteiger partial charge in [-0.05, 0) is 54.4 Å². The Morgan fingerprint density at radius 3 is 2.21 bits per heavy atom. The van der Waals surface area contributed by atoms with Gasteiger partial charge < -0.3 is 9.84 Å². The molecule has 1 aliphatic rings. The van der Waals surface area contributed by atoms with Crippen molar-refractivity contribution in [1.82, 2.24) is 4.98 Å². The van der Waals surface area contributed by atoms with E-state index < -0.39 is 23.5 Å². The van der Waals surface area contributed by atoms with Crippen LogP contribution in [-0.4, -0.2) is 28.9 Å².